The van der Waals surface area contributed by atoms with Crippen LogP contribution in [0.2, 0.25) is 0 Å². The van der Waals surface area contributed by atoms with E-state index in [1.54, 1.807) is 0 Å². The molecule has 1 saturated carbocycles. The van der Waals surface area contributed by atoms with Crippen LogP contribution in [0.25, 0.3) is 0 Å². The molecule has 2 aliphatic rings. The maximum absolute atomic E-state index is 4.67. The molecule has 4 nitrogen and oxygen atoms in total. The van der Waals surface area contributed by atoms with Gasteiger partial charge in [-0.1, -0.05) is 6.92 Å². The van der Waals surface area contributed by atoms with E-state index in [0.717, 1.165) is 25.0 Å². The SMILES string of the molecule is CCNC(=NCCCCN1CCCC1)NC1CC1C.I. The largest absolute Gasteiger partial charge is 0.357 e. The van der Waals surface area contributed by atoms with E-state index in [1.165, 1.54) is 51.7 Å². The van der Waals surface area contributed by atoms with E-state index in [4.69, 9.17) is 0 Å². The summed E-state index contributed by atoms with van der Waals surface area (Å²) in [7, 11) is 0. The van der Waals surface area contributed by atoms with Crippen LogP contribution in [0, 0.1) is 5.92 Å². The van der Waals surface area contributed by atoms with Crippen LogP contribution in [0.1, 0.15) is 46.0 Å². The molecule has 0 aromatic rings. The molecule has 2 N–H and O–H groups in total. The van der Waals surface area contributed by atoms with Crippen molar-refractivity contribution in [2.75, 3.05) is 32.7 Å². The molecule has 0 radical (unpaired) electrons. The number of halogens is 1. The van der Waals surface area contributed by atoms with Crippen molar-refractivity contribution in [3.63, 3.8) is 0 Å². The lowest BCUT2D eigenvalue weighted by atomic mass is 10.3. The molecule has 5 heteroatoms. The Kier molecular flexibility index (Phi) is 8.84. The summed E-state index contributed by atoms with van der Waals surface area (Å²) in [4.78, 5) is 7.25. The highest BCUT2D eigenvalue weighted by Crippen LogP contribution is 2.28. The lowest BCUT2D eigenvalue weighted by Crippen LogP contribution is -2.39. The molecule has 2 rings (SSSR count). The highest BCUT2D eigenvalue weighted by molar-refractivity contribution is 14.0. The van der Waals surface area contributed by atoms with E-state index in [2.05, 4.69) is 34.4 Å². The first kappa shape index (κ1) is 18.0. The minimum Gasteiger partial charge on any atom is -0.357 e. The lowest BCUT2D eigenvalue weighted by Gasteiger charge is -2.14. The summed E-state index contributed by atoms with van der Waals surface area (Å²) in [5, 5.41) is 6.84. The molecule has 2 unspecified atom stereocenters. The molecule has 0 bridgehead atoms. The number of likely N-dealkylation sites (tertiary alicyclic amines) is 1. The van der Waals surface area contributed by atoms with Crippen molar-refractivity contribution in [1.29, 1.82) is 0 Å². The Morgan fingerprint density at radius 2 is 1.95 bits per heavy atom. The first-order chi connectivity index (χ1) is 9.29. The van der Waals surface area contributed by atoms with Crippen LogP contribution in [0.5, 0.6) is 0 Å². The average Bonchev–Trinajstić information content (AvgIpc) is 2.90. The number of unbranched alkanes of at least 4 members (excludes halogenated alkanes) is 1. The van der Waals surface area contributed by atoms with Crippen molar-refractivity contribution in [2.45, 2.75) is 52.0 Å². The Hall–Kier alpha value is -0.0400. The van der Waals surface area contributed by atoms with E-state index in [-0.39, 0.29) is 24.0 Å². The van der Waals surface area contributed by atoms with Gasteiger partial charge < -0.3 is 15.5 Å². The zero-order chi connectivity index (χ0) is 13.5. The molecule has 1 aliphatic carbocycles. The van der Waals surface area contributed by atoms with Crippen LogP contribution in [0.3, 0.4) is 0 Å². The Balaban J connectivity index is 0.00000200. The van der Waals surface area contributed by atoms with Gasteiger partial charge in [-0.05, 0) is 64.6 Å². The van der Waals surface area contributed by atoms with E-state index >= 15 is 0 Å². The fourth-order valence-corrected chi connectivity index (χ4v) is 2.66. The van der Waals surface area contributed by atoms with Crippen molar-refractivity contribution in [2.24, 2.45) is 10.9 Å². The van der Waals surface area contributed by atoms with Gasteiger partial charge in [0, 0.05) is 19.1 Å². The number of guanidine groups is 1. The van der Waals surface area contributed by atoms with Crippen LogP contribution in [-0.2, 0) is 0 Å². The van der Waals surface area contributed by atoms with E-state index < -0.39 is 0 Å². The van der Waals surface area contributed by atoms with Crippen molar-refractivity contribution >= 4 is 29.9 Å². The molecule has 0 aromatic heterocycles. The van der Waals surface area contributed by atoms with E-state index in [1.807, 2.05) is 0 Å². The zero-order valence-corrected chi connectivity index (χ0v) is 15.4. The maximum atomic E-state index is 4.67. The summed E-state index contributed by atoms with van der Waals surface area (Å²) in [6.07, 6.45) is 6.56. The van der Waals surface area contributed by atoms with Gasteiger partial charge in [0.05, 0.1) is 0 Å². The predicted molar refractivity (Wildman–Crippen MR) is 97.0 cm³/mol. The first-order valence-corrected chi connectivity index (χ1v) is 8.07. The van der Waals surface area contributed by atoms with Crippen LogP contribution >= 0.6 is 24.0 Å². The molecule has 0 amide bonds. The molecule has 118 valence electrons. The Morgan fingerprint density at radius 1 is 1.25 bits per heavy atom. The van der Waals surface area contributed by atoms with Gasteiger partial charge in [0.15, 0.2) is 5.96 Å². The molecule has 2 fully saturated rings. The molecule has 0 spiro atoms. The second-order valence-electron chi connectivity index (χ2n) is 5.98. The molecule has 0 aromatic carbocycles. The Bertz CT molecular complexity index is 290. The van der Waals surface area contributed by atoms with Crippen LogP contribution in [0.4, 0.5) is 0 Å². The van der Waals surface area contributed by atoms with Crippen LogP contribution in [0.15, 0.2) is 4.99 Å². The molecule has 1 saturated heterocycles. The number of hydrogen-bond donors (Lipinski definition) is 2. The quantitative estimate of drug-likeness (QED) is 0.302. The van der Waals surface area contributed by atoms with Crippen LogP contribution < -0.4 is 10.6 Å². The second-order valence-corrected chi connectivity index (χ2v) is 5.98. The minimum absolute atomic E-state index is 0. The highest BCUT2D eigenvalue weighted by atomic mass is 127. The van der Waals surface area contributed by atoms with Crippen molar-refractivity contribution in [1.82, 2.24) is 15.5 Å². The third-order valence-electron chi connectivity index (χ3n) is 4.13. The summed E-state index contributed by atoms with van der Waals surface area (Å²) >= 11 is 0. The van der Waals surface area contributed by atoms with Crippen molar-refractivity contribution in [3.05, 3.63) is 0 Å². The normalized spacial score (nSPS) is 26.2. The highest BCUT2D eigenvalue weighted by Gasteiger charge is 2.33. The molecular formula is C15H31IN4. The van der Waals surface area contributed by atoms with Gasteiger partial charge in [0.25, 0.3) is 0 Å². The van der Waals surface area contributed by atoms with Gasteiger partial charge >= 0.3 is 0 Å². The lowest BCUT2D eigenvalue weighted by molar-refractivity contribution is 0.331. The molecule has 20 heavy (non-hydrogen) atoms. The monoisotopic (exact) mass is 394 g/mol. The average molecular weight is 394 g/mol. The summed E-state index contributed by atoms with van der Waals surface area (Å²) < 4.78 is 0. The number of nitrogens with zero attached hydrogens (tertiary/aromatic N) is 2. The Morgan fingerprint density at radius 3 is 2.55 bits per heavy atom. The molecule has 1 aliphatic heterocycles. The van der Waals surface area contributed by atoms with Gasteiger partial charge in [-0.25, -0.2) is 0 Å². The summed E-state index contributed by atoms with van der Waals surface area (Å²) in [5.74, 6) is 1.83. The summed E-state index contributed by atoms with van der Waals surface area (Å²) in [6.45, 7) is 10.2. The smallest absolute Gasteiger partial charge is 0.191 e. The van der Waals surface area contributed by atoms with Crippen molar-refractivity contribution in [3.8, 4) is 0 Å². The minimum atomic E-state index is 0. The molecule has 1 heterocycles. The first-order valence-electron chi connectivity index (χ1n) is 8.07. The van der Waals surface area contributed by atoms with Crippen LogP contribution in [-0.4, -0.2) is 49.6 Å². The fourth-order valence-electron chi connectivity index (χ4n) is 2.66. The fraction of sp³-hybridized carbons (Fsp3) is 0.933. The van der Waals surface area contributed by atoms with Gasteiger partial charge in [-0.3, -0.25) is 4.99 Å². The van der Waals surface area contributed by atoms with Gasteiger partial charge in [-0.15, -0.1) is 24.0 Å². The van der Waals surface area contributed by atoms with E-state index in [9.17, 15) is 0 Å². The molecular weight excluding hydrogens is 363 g/mol. The summed E-state index contributed by atoms with van der Waals surface area (Å²) in [6, 6.07) is 0.655. The van der Waals surface area contributed by atoms with Gasteiger partial charge in [0.2, 0.25) is 0 Å². The molecule has 2 atom stereocenters. The standard InChI is InChI=1S/C15H30N4.HI/c1-3-16-15(18-14-12-13(14)2)17-8-4-5-9-19-10-6-7-11-19;/h13-14H,3-12H2,1-2H3,(H2,16,17,18);1H. The number of nitrogens with one attached hydrogen (secondary N) is 2. The maximum Gasteiger partial charge on any atom is 0.191 e. The third-order valence-corrected chi connectivity index (χ3v) is 4.13. The third kappa shape index (κ3) is 6.61. The number of rotatable bonds is 7. The van der Waals surface area contributed by atoms with Gasteiger partial charge in [0.1, 0.15) is 0 Å². The topological polar surface area (TPSA) is 39.7 Å². The Labute approximate surface area is 141 Å². The van der Waals surface area contributed by atoms with E-state index in [0.29, 0.717) is 6.04 Å². The number of hydrogen-bond acceptors (Lipinski definition) is 2. The van der Waals surface area contributed by atoms with Crippen molar-refractivity contribution < 1.29 is 0 Å². The number of aliphatic imine (C=N–C) groups is 1. The summed E-state index contributed by atoms with van der Waals surface area (Å²) in [5.41, 5.74) is 0. The zero-order valence-electron chi connectivity index (χ0n) is 13.0. The predicted octanol–water partition coefficient (Wildman–Crippen LogP) is 2.44. The van der Waals surface area contributed by atoms with Gasteiger partial charge in [-0.2, -0.15) is 0 Å². The second kappa shape index (κ2) is 9.82.